The van der Waals surface area contributed by atoms with Crippen LogP contribution in [0.1, 0.15) is 55.4 Å². The second-order valence-corrected chi connectivity index (χ2v) is 14.4. The van der Waals surface area contributed by atoms with Gasteiger partial charge in [-0.05, 0) is 91.8 Å². The van der Waals surface area contributed by atoms with Crippen LogP contribution in [0.5, 0.6) is 0 Å². The maximum atomic E-state index is 5.33. The Balaban J connectivity index is 1.43. The average Bonchev–Trinajstić information content (AvgIpc) is 3.64. The number of para-hydroxylation sites is 4. The second-order valence-electron chi connectivity index (χ2n) is 14.4. The molecular formula is C38H40N6. The number of nitrogens with zero attached hydrogens (tertiary/aromatic N) is 6. The number of imidazole rings is 2. The zero-order valence-electron chi connectivity index (χ0n) is 26.9. The van der Waals surface area contributed by atoms with E-state index >= 15 is 0 Å². The molecule has 0 spiro atoms. The highest BCUT2D eigenvalue weighted by molar-refractivity contribution is 6.04. The summed E-state index contributed by atoms with van der Waals surface area (Å²) < 4.78 is 4.96. The zero-order chi connectivity index (χ0) is 30.8. The van der Waals surface area contributed by atoms with Crippen LogP contribution in [0.4, 0.5) is 23.3 Å². The molecule has 0 amide bonds. The number of benzene rings is 4. The fraction of sp³-hybridized carbons (Fsp3) is 0.316. The van der Waals surface area contributed by atoms with Gasteiger partial charge in [0.1, 0.15) is 0 Å². The van der Waals surface area contributed by atoms with E-state index in [0.717, 1.165) is 45.3 Å². The number of rotatable bonds is 3. The summed E-state index contributed by atoms with van der Waals surface area (Å²) in [7, 11) is 0. The van der Waals surface area contributed by atoms with Crippen LogP contribution >= 0.6 is 0 Å². The fourth-order valence-electron chi connectivity index (χ4n) is 7.65. The van der Waals surface area contributed by atoms with Crippen LogP contribution in [0.2, 0.25) is 0 Å². The van der Waals surface area contributed by atoms with Gasteiger partial charge in [-0.25, -0.2) is 9.97 Å². The monoisotopic (exact) mass is 580 g/mol. The van der Waals surface area contributed by atoms with Gasteiger partial charge in [0.15, 0.2) is 0 Å². The number of fused-ring (bicyclic) bond motifs is 6. The predicted octanol–water partition coefficient (Wildman–Crippen LogP) is 9.38. The summed E-state index contributed by atoms with van der Waals surface area (Å²) >= 11 is 0. The van der Waals surface area contributed by atoms with E-state index in [1.165, 1.54) is 11.1 Å². The highest BCUT2D eigenvalue weighted by atomic mass is 15.5. The molecule has 0 saturated carbocycles. The molecule has 0 atom stereocenters. The summed E-state index contributed by atoms with van der Waals surface area (Å²) in [6, 6.07) is 34.5. The number of anilines is 4. The molecule has 0 unspecified atom stereocenters. The first-order valence-corrected chi connectivity index (χ1v) is 15.6. The molecule has 6 aromatic rings. The van der Waals surface area contributed by atoms with Gasteiger partial charge in [-0.1, -0.05) is 60.7 Å². The van der Waals surface area contributed by atoms with Gasteiger partial charge in [-0.15, -0.1) is 0 Å². The molecule has 222 valence electrons. The van der Waals surface area contributed by atoms with Crippen LogP contribution in [0.15, 0.2) is 97.1 Å². The molecule has 2 aliphatic rings. The van der Waals surface area contributed by atoms with Crippen LogP contribution < -0.4 is 9.80 Å². The Morgan fingerprint density at radius 3 is 1.14 bits per heavy atom. The van der Waals surface area contributed by atoms with Crippen LogP contribution in [0.25, 0.3) is 33.2 Å². The molecule has 4 aromatic carbocycles. The lowest BCUT2D eigenvalue weighted by atomic mass is 9.81. The van der Waals surface area contributed by atoms with Crippen LogP contribution in [-0.2, 0) is 11.1 Å². The lowest BCUT2D eigenvalue weighted by Gasteiger charge is -2.42. The molecule has 2 aliphatic heterocycles. The van der Waals surface area contributed by atoms with Crippen molar-refractivity contribution in [1.29, 1.82) is 0 Å². The predicted molar refractivity (Wildman–Crippen MR) is 182 cm³/mol. The first-order chi connectivity index (χ1) is 20.9. The summed E-state index contributed by atoms with van der Waals surface area (Å²) in [5.74, 6) is 1.96. The standard InChI is InChI=1S/C38H40N6/c1-35(2)37(5,6)43-31-27(21-15-23-29(31)39-33(43)41(35)25-17-11-9-12-18-25)28-22-16-24-30-32(28)44-34(40-30)42(26-19-13-10-14-20-26)36(3,4)38(44,7)8/h9-24H,1-8H3. The first-order valence-electron chi connectivity index (χ1n) is 15.6. The Morgan fingerprint density at radius 1 is 0.409 bits per heavy atom. The summed E-state index contributed by atoms with van der Waals surface area (Å²) in [6.45, 7) is 18.7. The summed E-state index contributed by atoms with van der Waals surface area (Å²) in [5, 5.41) is 0. The third-order valence-corrected chi connectivity index (χ3v) is 11.3. The second kappa shape index (κ2) is 8.53. The van der Waals surface area contributed by atoms with E-state index in [2.05, 4.69) is 171 Å². The van der Waals surface area contributed by atoms with Crippen molar-refractivity contribution in [2.75, 3.05) is 9.80 Å². The Bertz CT molecular complexity index is 1930. The Labute approximate surface area is 259 Å². The molecule has 0 bridgehead atoms. The summed E-state index contributed by atoms with van der Waals surface area (Å²) in [6.07, 6.45) is 0. The maximum Gasteiger partial charge on any atom is 0.212 e. The van der Waals surface area contributed by atoms with Crippen LogP contribution in [0.3, 0.4) is 0 Å². The van der Waals surface area contributed by atoms with Crippen LogP contribution in [-0.4, -0.2) is 30.2 Å². The molecule has 44 heavy (non-hydrogen) atoms. The van der Waals surface area contributed by atoms with Crippen molar-refractivity contribution in [2.24, 2.45) is 0 Å². The molecule has 8 rings (SSSR count). The van der Waals surface area contributed by atoms with Gasteiger partial charge in [0.05, 0.1) is 44.2 Å². The molecular weight excluding hydrogens is 540 g/mol. The topological polar surface area (TPSA) is 42.1 Å². The van der Waals surface area contributed by atoms with Gasteiger partial charge in [0, 0.05) is 22.5 Å². The minimum atomic E-state index is -0.248. The van der Waals surface area contributed by atoms with E-state index in [-0.39, 0.29) is 22.2 Å². The van der Waals surface area contributed by atoms with E-state index in [4.69, 9.17) is 9.97 Å². The van der Waals surface area contributed by atoms with E-state index in [1.807, 2.05) is 0 Å². The van der Waals surface area contributed by atoms with Crippen molar-refractivity contribution >= 4 is 45.3 Å². The van der Waals surface area contributed by atoms with Gasteiger partial charge in [0.2, 0.25) is 11.9 Å². The Kier molecular flexibility index (Phi) is 5.23. The minimum Gasteiger partial charge on any atom is -0.304 e. The van der Waals surface area contributed by atoms with Crippen molar-refractivity contribution in [3.8, 4) is 11.1 Å². The third-order valence-electron chi connectivity index (χ3n) is 11.3. The Hall–Kier alpha value is -4.58. The van der Waals surface area contributed by atoms with Crippen LogP contribution in [0, 0.1) is 0 Å². The SMILES string of the molecule is CC1(C)N(c2ccccc2)c2nc3cccc(-c4cccc5nc6n(c45)C(C)(C)C(C)(C)N6c4ccccc4)c3n2C1(C)C. The Morgan fingerprint density at radius 2 is 0.773 bits per heavy atom. The van der Waals surface area contributed by atoms with Crippen molar-refractivity contribution in [3.05, 3.63) is 97.1 Å². The van der Waals surface area contributed by atoms with Gasteiger partial charge in [-0.3, -0.25) is 0 Å². The van der Waals surface area contributed by atoms with E-state index in [1.54, 1.807) is 0 Å². The molecule has 0 N–H and O–H groups in total. The van der Waals surface area contributed by atoms with Gasteiger partial charge in [0.25, 0.3) is 0 Å². The maximum absolute atomic E-state index is 5.33. The molecule has 0 fully saturated rings. The summed E-state index contributed by atoms with van der Waals surface area (Å²) in [4.78, 5) is 15.5. The molecule has 6 nitrogen and oxygen atoms in total. The number of aromatic nitrogens is 4. The van der Waals surface area contributed by atoms with Crippen molar-refractivity contribution in [1.82, 2.24) is 19.1 Å². The largest absolute Gasteiger partial charge is 0.304 e. The van der Waals surface area contributed by atoms with Gasteiger partial charge >= 0.3 is 0 Å². The summed E-state index contributed by atoms with van der Waals surface area (Å²) in [5.41, 5.74) is 8.08. The van der Waals surface area contributed by atoms with E-state index in [0.29, 0.717) is 0 Å². The molecule has 0 radical (unpaired) electrons. The fourth-order valence-corrected chi connectivity index (χ4v) is 7.65. The molecule has 4 heterocycles. The molecule has 2 aromatic heterocycles. The minimum absolute atomic E-state index is 0.218. The number of hydrogen-bond donors (Lipinski definition) is 0. The quantitative estimate of drug-likeness (QED) is 0.209. The average molecular weight is 581 g/mol. The third kappa shape index (κ3) is 3.16. The molecule has 0 aliphatic carbocycles. The van der Waals surface area contributed by atoms with Crippen molar-refractivity contribution in [3.63, 3.8) is 0 Å². The van der Waals surface area contributed by atoms with Gasteiger partial charge in [-0.2, -0.15) is 0 Å². The lowest BCUT2D eigenvalue weighted by Crippen LogP contribution is -2.50. The van der Waals surface area contributed by atoms with E-state index < -0.39 is 0 Å². The highest BCUT2D eigenvalue weighted by Gasteiger charge is 2.55. The zero-order valence-corrected chi connectivity index (χ0v) is 26.9. The normalized spacial score (nSPS) is 19.1. The van der Waals surface area contributed by atoms with Crippen molar-refractivity contribution in [2.45, 2.75) is 77.5 Å². The molecule has 6 heteroatoms. The highest BCUT2D eigenvalue weighted by Crippen LogP contribution is 2.55. The smallest absolute Gasteiger partial charge is 0.212 e. The molecule has 0 saturated heterocycles. The lowest BCUT2D eigenvalue weighted by molar-refractivity contribution is 0.253. The number of hydrogen-bond acceptors (Lipinski definition) is 4. The van der Waals surface area contributed by atoms with E-state index in [9.17, 15) is 0 Å². The van der Waals surface area contributed by atoms with Gasteiger partial charge < -0.3 is 18.9 Å². The van der Waals surface area contributed by atoms with Crippen molar-refractivity contribution < 1.29 is 0 Å². The first kappa shape index (κ1) is 27.0.